The molecule has 2 atom stereocenters. The van der Waals surface area contributed by atoms with Crippen molar-refractivity contribution in [1.82, 2.24) is 15.5 Å². The van der Waals surface area contributed by atoms with Crippen molar-refractivity contribution in [1.29, 1.82) is 0 Å². The lowest BCUT2D eigenvalue weighted by Crippen LogP contribution is -2.39. The molecule has 0 saturated heterocycles. The van der Waals surface area contributed by atoms with Gasteiger partial charge in [0, 0.05) is 19.6 Å². The van der Waals surface area contributed by atoms with E-state index in [1.54, 1.807) is 27.4 Å². The Morgan fingerprint density at radius 2 is 1.79 bits per heavy atom. The van der Waals surface area contributed by atoms with Crippen LogP contribution in [0.2, 0.25) is 0 Å². The standard InChI is InChI=1S/C30H37N5O7S/c1-15(2)26(29(38)33-30-35-34-24(43-30)14-39-4)32-21-11-9-18-19(13-22(21)37)20(31-16(3)36)10-8-17-12-23(40-5)27(41-6)28(42-7)25(17)18/h9,11-13,15,20,26H,8,10,14H2,1-7H3,(H,31,36)(H,32,37)(H,33,35,38)/t20-,26-/m1/s1. The minimum Gasteiger partial charge on any atom is -0.493 e. The summed E-state index contributed by atoms with van der Waals surface area (Å²) in [5.74, 6) is 0.630. The number of methoxy groups -OCH3 is 4. The number of hydrogen-bond acceptors (Lipinski definition) is 11. The van der Waals surface area contributed by atoms with Crippen molar-refractivity contribution in [3.05, 3.63) is 50.6 Å². The number of rotatable bonds is 11. The van der Waals surface area contributed by atoms with Crippen molar-refractivity contribution in [2.24, 2.45) is 5.92 Å². The Bertz CT molecular complexity index is 1560. The molecule has 0 fully saturated rings. The second kappa shape index (κ2) is 13.8. The van der Waals surface area contributed by atoms with E-state index in [1.807, 2.05) is 26.0 Å². The number of carbonyl (C=O) groups is 2. The molecule has 12 nitrogen and oxygen atoms in total. The van der Waals surface area contributed by atoms with Gasteiger partial charge >= 0.3 is 0 Å². The van der Waals surface area contributed by atoms with Gasteiger partial charge in [-0.3, -0.25) is 19.7 Å². The quantitative estimate of drug-likeness (QED) is 0.291. The third kappa shape index (κ3) is 6.89. The predicted molar refractivity (Wildman–Crippen MR) is 164 cm³/mol. The van der Waals surface area contributed by atoms with E-state index in [1.165, 1.54) is 31.4 Å². The Hall–Kier alpha value is -4.23. The number of anilines is 2. The smallest absolute Gasteiger partial charge is 0.248 e. The fourth-order valence-electron chi connectivity index (χ4n) is 5.20. The number of benzene rings is 1. The lowest BCUT2D eigenvalue weighted by atomic mass is 9.95. The van der Waals surface area contributed by atoms with E-state index >= 15 is 0 Å². The van der Waals surface area contributed by atoms with E-state index in [0.29, 0.717) is 51.4 Å². The van der Waals surface area contributed by atoms with E-state index in [-0.39, 0.29) is 35.5 Å². The summed E-state index contributed by atoms with van der Waals surface area (Å²) in [6, 6.07) is 5.66. The topological polar surface area (TPSA) is 150 Å². The molecule has 3 N–H and O–H groups in total. The summed E-state index contributed by atoms with van der Waals surface area (Å²) in [5, 5.41) is 17.9. The fourth-order valence-corrected chi connectivity index (χ4v) is 5.91. The maximum Gasteiger partial charge on any atom is 0.248 e. The second-order valence-electron chi connectivity index (χ2n) is 10.4. The van der Waals surface area contributed by atoms with Crippen LogP contribution in [0.3, 0.4) is 0 Å². The maximum atomic E-state index is 13.7. The molecule has 1 aliphatic rings. The van der Waals surface area contributed by atoms with E-state index in [0.717, 1.165) is 11.1 Å². The molecule has 0 unspecified atom stereocenters. The highest BCUT2D eigenvalue weighted by Crippen LogP contribution is 2.50. The van der Waals surface area contributed by atoms with Gasteiger partial charge in [-0.05, 0) is 53.6 Å². The molecule has 43 heavy (non-hydrogen) atoms. The van der Waals surface area contributed by atoms with E-state index < -0.39 is 12.1 Å². The van der Waals surface area contributed by atoms with Gasteiger partial charge in [0.2, 0.25) is 28.1 Å². The van der Waals surface area contributed by atoms with Gasteiger partial charge in [0.15, 0.2) is 11.5 Å². The fraction of sp³-hybridized carbons (Fsp3) is 0.433. The van der Waals surface area contributed by atoms with Crippen LogP contribution in [0.1, 0.15) is 49.4 Å². The van der Waals surface area contributed by atoms with Crippen molar-refractivity contribution in [3.63, 3.8) is 0 Å². The first kappa shape index (κ1) is 31.7. The lowest BCUT2D eigenvalue weighted by Gasteiger charge is -2.21. The monoisotopic (exact) mass is 611 g/mol. The molecule has 3 aromatic rings. The Balaban J connectivity index is 1.81. The summed E-state index contributed by atoms with van der Waals surface area (Å²) < 4.78 is 22.2. The van der Waals surface area contributed by atoms with Crippen LogP contribution in [0.15, 0.2) is 29.1 Å². The number of amides is 2. The summed E-state index contributed by atoms with van der Waals surface area (Å²) in [7, 11) is 6.19. The molecule has 1 heterocycles. The van der Waals surface area contributed by atoms with Gasteiger partial charge in [-0.2, -0.15) is 0 Å². The van der Waals surface area contributed by atoms with Crippen molar-refractivity contribution in [2.75, 3.05) is 39.1 Å². The van der Waals surface area contributed by atoms with Gasteiger partial charge in [0.25, 0.3) is 0 Å². The lowest BCUT2D eigenvalue weighted by molar-refractivity contribution is -0.120. The minimum absolute atomic E-state index is 0.182. The molecule has 13 heteroatoms. The number of nitrogens with one attached hydrogen (secondary N) is 3. The van der Waals surface area contributed by atoms with Crippen LogP contribution in [0.25, 0.3) is 11.1 Å². The molecule has 0 aliphatic heterocycles. The Morgan fingerprint density at radius 1 is 1.05 bits per heavy atom. The molecule has 0 saturated carbocycles. The number of aromatic nitrogens is 2. The zero-order valence-corrected chi connectivity index (χ0v) is 26.1. The van der Waals surface area contributed by atoms with Crippen molar-refractivity contribution >= 4 is 34.0 Å². The van der Waals surface area contributed by atoms with Crippen LogP contribution in [-0.4, -0.2) is 56.5 Å². The highest BCUT2D eigenvalue weighted by molar-refractivity contribution is 7.15. The summed E-state index contributed by atoms with van der Waals surface area (Å²) in [5.41, 5.74) is 2.87. The SMILES string of the molecule is COCc1nnc(NC(=O)[C@H](Nc2ccc3c(cc2=O)[C@H](NC(C)=O)CCc2cc(OC)c(OC)c(OC)c2-3)C(C)C)s1. The first-order chi connectivity index (χ1) is 20.6. The van der Waals surface area contributed by atoms with Crippen LogP contribution in [0, 0.1) is 5.92 Å². The molecule has 1 aromatic heterocycles. The third-order valence-corrected chi connectivity index (χ3v) is 7.95. The Labute approximate surface area is 254 Å². The average molecular weight is 612 g/mol. The van der Waals surface area contributed by atoms with Crippen LogP contribution in [-0.2, 0) is 27.4 Å². The van der Waals surface area contributed by atoms with Crippen LogP contribution >= 0.6 is 11.3 Å². The molecule has 230 valence electrons. The minimum atomic E-state index is -0.762. The normalized spacial score (nSPS) is 14.6. The highest BCUT2D eigenvalue weighted by atomic mass is 32.1. The molecule has 1 aliphatic carbocycles. The zero-order valence-electron chi connectivity index (χ0n) is 25.3. The first-order valence-corrected chi connectivity index (χ1v) is 14.6. The third-order valence-electron chi connectivity index (χ3n) is 7.14. The summed E-state index contributed by atoms with van der Waals surface area (Å²) in [6.45, 7) is 5.49. The molecule has 0 bridgehead atoms. The van der Waals surface area contributed by atoms with Crippen molar-refractivity contribution in [3.8, 4) is 28.4 Å². The molecule has 0 spiro atoms. The molecule has 0 radical (unpaired) electrons. The second-order valence-corrected chi connectivity index (χ2v) is 11.4. The molecule has 2 amide bonds. The van der Waals surface area contributed by atoms with Crippen molar-refractivity contribution in [2.45, 2.75) is 52.3 Å². The maximum absolute atomic E-state index is 13.7. The predicted octanol–water partition coefficient (Wildman–Crippen LogP) is 3.94. The number of nitrogens with zero attached hydrogens (tertiary/aromatic N) is 2. The summed E-state index contributed by atoms with van der Waals surface area (Å²) >= 11 is 1.21. The molecular weight excluding hydrogens is 574 g/mol. The number of ether oxygens (including phenoxy) is 4. The number of hydrogen-bond donors (Lipinski definition) is 3. The van der Waals surface area contributed by atoms with Crippen LogP contribution in [0.4, 0.5) is 10.8 Å². The van der Waals surface area contributed by atoms with Crippen LogP contribution < -0.4 is 35.6 Å². The van der Waals surface area contributed by atoms with Crippen molar-refractivity contribution < 1.29 is 28.5 Å². The van der Waals surface area contributed by atoms with Gasteiger partial charge in [0.1, 0.15) is 17.7 Å². The van der Waals surface area contributed by atoms with E-state index in [2.05, 4.69) is 26.1 Å². The highest BCUT2D eigenvalue weighted by Gasteiger charge is 2.30. The van der Waals surface area contributed by atoms with Gasteiger partial charge < -0.3 is 29.6 Å². The zero-order chi connectivity index (χ0) is 31.3. The van der Waals surface area contributed by atoms with Gasteiger partial charge in [-0.25, -0.2) is 0 Å². The number of aryl methyl sites for hydroxylation is 1. The van der Waals surface area contributed by atoms with Gasteiger partial charge in [-0.1, -0.05) is 31.3 Å². The van der Waals surface area contributed by atoms with Gasteiger partial charge in [0.05, 0.1) is 33.1 Å². The number of carbonyl (C=O) groups excluding carboxylic acids is 2. The van der Waals surface area contributed by atoms with Crippen LogP contribution in [0.5, 0.6) is 17.2 Å². The molecule has 2 aromatic carbocycles. The average Bonchev–Trinajstić information content (AvgIpc) is 3.27. The molecular formula is C30H37N5O7S. The molecule has 4 rings (SSSR count). The Kier molecular flexibility index (Phi) is 10.2. The summed E-state index contributed by atoms with van der Waals surface area (Å²) in [6.07, 6.45) is 1.12. The largest absolute Gasteiger partial charge is 0.493 e. The van der Waals surface area contributed by atoms with Gasteiger partial charge in [-0.15, -0.1) is 10.2 Å². The summed E-state index contributed by atoms with van der Waals surface area (Å²) in [4.78, 5) is 39.3. The number of fused-ring (bicyclic) bond motifs is 3. The Morgan fingerprint density at radius 3 is 2.42 bits per heavy atom. The van der Waals surface area contributed by atoms with E-state index in [4.69, 9.17) is 18.9 Å². The van der Waals surface area contributed by atoms with E-state index in [9.17, 15) is 14.4 Å². The first-order valence-electron chi connectivity index (χ1n) is 13.8.